The predicted octanol–water partition coefficient (Wildman–Crippen LogP) is 2.05. The Labute approximate surface area is 144 Å². The van der Waals surface area contributed by atoms with E-state index in [2.05, 4.69) is 31.3 Å². The number of rotatable bonds is 3. The molecule has 2 fully saturated rings. The number of piperidine rings is 1. The highest BCUT2D eigenvalue weighted by Gasteiger charge is 2.33. The quantitative estimate of drug-likeness (QED) is 0.920. The molecule has 132 valence electrons. The van der Waals surface area contributed by atoms with E-state index < -0.39 is 0 Å². The van der Waals surface area contributed by atoms with Crippen LogP contribution in [0.3, 0.4) is 0 Å². The molecule has 5 heteroatoms. The van der Waals surface area contributed by atoms with Crippen LogP contribution in [0.25, 0.3) is 0 Å². The number of carbonyl (C=O) groups is 1. The van der Waals surface area contributed by atoms with Gasteiger partial charge in [0.1, 0.15) is 17.9 Å². The summed E-state index contributed by atoms with van der Waals surface area (Å²) >= 11 is 0. The van der Waals surface area contributed by atoms with Crippen molar-refractivity contribution in [1.29, 1.82) is 0 Å². The third-order valence-corrected chi connectivity index (χ3v) is 5.12. The minimum absolute atomic E-state index is 0.0595. The number of carbonyl (C=O) groups excluding carboxylic acids is 1. The number of hydrogen-bond acceptors (Lipinski definition) is 4. The third-order valence-electron chi connectivity index (χ3n) is 5.12. The SMILES string of the molecule is Cc1ccc(OC2CCN(C(=O)[C@H]3NCCO[C@@H]3C)CC2)cc1C. The summed E-state index contributed by atoms with van der Waals surface area (Å²) in [6.45, 7) is 9.09. The Morgan fingerprint density at radius 2 is 2.00 bits per heavy atom. The first kappa shape index (κ1) is 17.2. The van der Waals surface area contributed by atoms with Gasteiger partial charge in [0.05, 0.1) is 12.7 Å². The number of amides is 1. The molecule has 1 amide bonds. The molecule has 3 rings (SSSR count). The fraction of sp³-hybridized carbons (Fsp3) is 0.632. The molecule has 2 heterocycles. The van der Waals surface area contributed by atoms with E-state index in [1.165, 1.54) is 11.1 Å². The zero-order valence-electron chi connectivity index (χ0n) is 14.9. The summed E-state index contributed by atoms with van der Waals surface area (Å²) in [6.07, 6.45) is 1.88. The van der Waals surface area contributed by atoms with E-state index in [1.54, 1.807) is 0 Å². The van der Waals surface area contributed by atoms with Crippen molar-refractivity contribution in [2.75, 3.05) is 26.2 Å². The zero-order valence-corrected chi connectivity index (χ0v) is 14.9. The molecule has 0 bridgehead atoms. The first-order valence-corrected chi connectivity index (χ1v) is 8.92. The summed E-state index contributed by atoms with van der Waals surface area (Å²) in [5.74, 6) is 1.09. The predicted molar refractivity (Wildman–Crippen MR) is 93.4 cm³/mol. The lowest BCUT2D eigenvalue weighted by atomic mass is 10.0. The van der Waals surface area contributed by atoms with Crippen LogP contribution in [-0.4, -0.2) is 55.3 Å². The second-order valence-corrected chi connectivity index (χ2v) is 6.90. The van der Waals surface area contributed by atoms with Crippen LogP contribution >= 0.6 is 0 Å². The van der Waals surface area contributed by atoms with Crippen LogP contribution in [0, 0.1) is 13.8 Å². The van der Waals surface area contributed by atoms with Gasteiger partial charge in [0.15, 0.2) is 0 Å². The Morgan fingerprint density at radius 1 is 1.25 bits per heavy atom. The number of nitrogens with zero attached hydrogens (tertiary/aromatic N) is 1. The van der Waals surface area contributed by atoms with Gasteiger partial charge in [-0.2, -0.15) is 0 Å². The van der Waals surface area contributed by atoms with Gasteiger partial charge in [-0.05, 0) is 44.0 Å². The van der Waals surface area contributed by atoms with Crippen molar-refractivity contribution in [2.45, 2.75) is 51.9 Å². The fourth-order valence-corrected chi connectivity index (χ4v) is 3.38. The standard InChI is InChI=1S/C19H28N2O3/c1-13-4-5-17(12-14(13)2)24-16-6-9-21(10-7-16)19(22)18-15(3)23-11-8-20-18/h4-5,12,15-16,18,20H,6-11H2,1-3H3/t15-,18+/m1/s1. The molecule has 1 N–H and O–H groups in total. The van der Waals surface area contributed by atoms with E-state index in [9.17, 15) is 4.79 Å². The maximum absolute atomic E-state index is 12.7. The number of hydrogen-bond donors (Lipinski definition) is 1. The molecule has 1 aromatic carbocycles. The maximum Gasteiger partial charge on any atom is 0.242 e. The highest BCUT2D eigenvalue weighted by molar-refractivity contribution is 5.82. The molecular formula is C19H28N2O3. The average molecular weight is 332 g/mol. The van der Waals surface area contributed by atoms with Gasteiger partial charge in [-0.1, -0.05) is 6.07 Å². The summed E-state index contributed by atoms with van der Waals surface area (Å²) in [4.78, 5) is 14.6. The molecule has 2 aliphatic heterocycles. The molecule has 1 aromatic rings. The molecule has 0 unspecified atom stereocenters. The summed E-state index contributed by atoms with van der Waals surface area (Å²) in [7, 11) is 0. The Morgan fingerprint density at radius 3 is 2.67 bits per heavy atom. The van der Waals surface area contributed by atoms with Crippen LogP contribution in [0.15, 0.2) is 18.2 Å². The van der Waals surface area contributed by atoms with Gasteiger partial charge in [-0.25, -0.2) is 0 Å². The summed E-state index contributed by atoms with van der Waals surface area (Å²) in [5.41, 5.74) is 2.52. The molecule has 0 radical (unpaired) electrons. The molecule has 0 spiro atoms. The molecule has 0 aliphatic carbocycles. The van der Waals surface area contributed by atoms with Gasteiger partial charge in [0.25, 0.3) is 0 Å². The monoisotopic (exact) mass is 332 g/mol. The first-order valence-electron chi connectivity index (χ1n) is 8.92. The average Bonchev–Trinajstić information content (AvgIpc) is 2.59. The lowest BCUT2D eigenvalue weighted by molar-refractivity contribution is -0.141. The number of likely N-dealkylation sites (tertiary alicyclic amines) is 1. The van der Waals surface area contributed by atoms with E-state index in [0.29, 0.717) is 6.61 Å². The lowest BCUT2D eigenvalue weighted by Crippen LogP contribution is -2.57. The lowest BCUT2D eigenvalue weighted by Gasteiger charge is -2.37. The van der Waals surface area contributed by atoms with Crippen molar-refractivity contribution in [3.05, 3.63) is 29.3 Å². The smallest absolute Gasteiger partial charge is 0.242 e. The molecule has 24 heavy (non-hydrogen) atoms. The van der Waals surface area contributed by atoms with E-state index in [1.807, 2.05) is 17.9 Å². The van der Waals surface area contributed by atoms with E-state index >= 15 is 0 Å². The maximum atomic E-state index is 12.7. The number of morpholine rings is 1. The van der Waals surface area contributed by atoms with Gasteiger partial charge in [-0.3, -0.25) is 4.79 Å². The largest absolute Gasteiger partial charge is 0.490 e. The Hall–Kier alpha value is -1.59. The molecule has 2 aliphatic rings. The Kier molecular flexibility index (Phi) is 5.41. The molecule has 2 saturated heterocycles. The molecule has 2 atom stereocenters. The second-order valence-electron chi connectivity index (χ2n) is 6.90. The topological polar surface area (TPSA) is 50.8 Å². The van der Waals surface area contributed by atoms with Gasteiger partial charge in [0, 0.05) is 32.5 Å². The number of nitrogens with one attached hydrogen (secondary N) is 1. The van der Waals surface area contributed by atoms with Gasteiger partial charge in [0.2, 0.25) is 5.91 Å². The molecule has 0 saturated carbocycles. The van der Waals surface area contributed by atoms with Crippen molar-refractivity contribution in [1.82, 2.24) is 10.2 Å². The summed E-state index contributed by atoms with van der Waals surface area (Å²) in [5, 5.41) is 3.28. The van der Waals surface area contributed by atoms with Crippen LogP contribution in [0.2, 0.25) is 0 Å². The second kappa shape index (κ2) is 7.53. The van der Waals surface area contributed by atoms with Crippen LogP contribution in [0.1, 0.15) is 30.9 Å². The van der Waals surface area contributed by atoms with Crippen molar-refractivity contribution in [3.8, 4) is 5.75 Å². The van der Waals surface area contributed by atoms with E-state index in [-0.39, 0.29) is 24.2 Å². The first-order chi connectivity index (χ1) is 11.5. The van der Waals surface area contributed by atoms with Gasteiger partial charge < -0.3 is 19.7 Å². The number of benzene rings is 1. The van der Waals surface area contributed by atoms with Crippen molar-refractivity contribution >= 4 is 5.91 Å². The highest BCUT2D eigenvalue weighted by Crippen LogP contribution is 2.22. The van der Waals surface area contributed by atoms with Crippen molar-refractivity contribution in [2.24, 2.45) is 0 Å². The summed E-state index contributed by atoms with van der Waals surface area (Å²) in [6, 6.07) is 6.01. The number of aryl methyl sites for hydroxylation is 2. The Bertz CT molecular complexity index is 582. The zero-order chi connectivity index (χ0) is 17.1. The normalized spacial score (nSPS) is 25.5. The van der Waals surface area contributed by atoms with Crippen LogP contribution in [-0.2, 0) is 9.53 Å². The third kappa shape index (κ3) is 3.90. The highest BCUT2D eigenvalue weighted by atomic mass is 16.5. The fourth-order valence-electron chi connectivity index (χ4n) is 3.38. The minimum atomic E-state index is -0.212. The molecule has 0 aromatic heterocycles. The van der Waals surface area contributed by atoms with Crippen LogP contribution < -0.4 is 10.1 Å². The van der Waals surface area contributed by atoms with Gasteiger partial charge in [-0.15, -0.1) is 0 Å². The number of ether oxygens (including phenoxy) is 2. The van der Waals surface area contributed by atoms with Crippen LogP contribution in [0.4, 0.5) is 0 Å². The summed E-state index contributed by atoms with van der Waals surface area (Å²) < 4.78 is 11.7. The molecule has 5 nitrogen and oxygen atoms in total. The van der Waals surface area contributed by atoms with Crippen molar-refractivity contribution in [3.63, 3.8) is 0 Å². The van der Waals surface area contributed by atoms with E-state index in [0.717, 1.165) is 38.2 Å². The van der Waals surface area contributed by atoms with Gasteiger partial charge >= 0.3 is 0 Å². The van der Waals surface area contributed by atoms with E-state index in [4.69, 9.17) is 9.47 Å². The minimum Gasteiger partial charge on any atom is -0.490 e. The van der Waals surface area contributed by atoms with Crippen LogP contribution in [0.5, 0.6) is 5.75 Å². The Balaban J connectivity index is 1.51. The molecular weight excluding hydrogens is 304 g/mol. The van der Waals surface area contributed by atoms with Crippen molar-refractivity contribution < 1.29 is 14.3 Å².